The van der Waals surface area contributed by atoms with Crippen LogP contribution in [0.1, 0.15) is 48.7 Å². The second kappa shape index (κ2) is 7.23. The van der Waals surface area contributed by atoms with Gasteiger partial charge in [0.1, 0.15) is 11.6 Å². The van der Waals surface area contributed by atoms with Gasteiger partial charge in [-0.2, -0.15) is 0 Å². The third-order valence-electron chi connectivity index (χ3n) is 5.42. The highest BCUT2D eigenvalue weighted by Gasteiger charge is 2.26. The van der Waals surface area contributed by atoms with Crippen molar-refractivity contribution in [2.75, 3.05) is 18.0 Å². The third-order valence-corrected chi connectivity index (χ3v) is 6.41. The molecule has 2 heterocycles. The minimum absolute atomic E-state index is 0.849. The average Bonchev–Trinajstić information content (AvgIpc) is 3.32. The van der Waals surface area contributed by atoms with E-state index >= 15 is 0 Å². The van der Waals surface area contributed by atoms with Gasteiger partial charge < -0.3 is 4.90 Å². The zero-order valence-corrected chi connectivity index (χ0v) is 17.9. The molecule has 1 aliphatic carbocycles. The summed E-state index contributed by atoms with van der Waals surface area (Å²) in [5.74, 6) is 2.86. The number of benzene rings is 1. The average molecular weight is 380 g/mol. The maximum Gasteiger partial charge on any atom is 0.141 e. The molecule has 0 spiro atoms. The first-order valence-corrected chi connectivity index (χ1v) is 10.9. The maximum absolute atomic E-state index is 4.89. The van der Waals surface area contributed by atoms with E-state index in [0.29, 0.717) is 0 Å². The summed E-state index contributed by atoms with van der Waals surface area (Å²) in [5.41, 5.74) is 6.44. The van der Waals surface area contributed by atoms with Crippen LogP contribution in [0.3, 0.4) is 0 Å². The summed E-state index contributed by atoms with van der Waals surface area (Å²) in [7, 11) is 0. The van der Waals surface area contributed by atoms with E-state index in [9.17, 15) is 0 Å². The van der Waals surface area contributed by atoms with Gasteiger partial charge in [-0.3, -0.25) is 0 Å². The molecule has 4 rings (SSSR count). The molecule has 0 unspecified atom stereocenters. The SMILES string of the molecule is CCCN(CC1CC1)c1nc(C)nc2c(-c3c(C)cc(C)cc3C)scc12. The number of hydrogen-bond acceptors (Lipinski definition) is 4. The maximum atomic E-state index is 4.89. The number of rotatable bonds is 6. The molecule has 0 atom stereocenters. The topological polar surface area (TPSA) is 29.0 Å². The van der Waals surface area contributed by atoms with Crippen LogP contribution in [0.15, 0.2) is 17.5 Å². The van der Waals surface area contributed by atoms with E-state index in [2.05, 4.69) is 50.1 Å². The summed E-state index contributed by atoms with van der Waals surface area (Å²) in [5, 5.41) is 3.49. The second-order valence-electron chi connectivity index (χ2n) is 8.08. The number of nitrogens with zero attached hydrogens (tertiary/aromatic N) is 3. The molecule has 142 valence electrons. The summed E-state index contributed by atoms with van der Waals surface area (Å²) < 4.78 is 0. The highest BCUT2D eigenvalue weighted by Crippen LogP contribution is 2.41. The predicted octanol–water partition coefficient (Wildman–Crippen LogP) is 6.22. The number of thiophene rings is 1. The smallest absolute Gasteiger partial charge is 0.141 e. The first-order valence-electron chi connectivity index (χ1n) is 10.1. The van der Waals surface area contributed by atoms with Gasteiger partial charge in [0.05, 0.1) is 15.8 Å². The second-order valence-corrected chi connectivity index (χ2v) is 8.96. The number of aryl methyl sites for hydroxylation is 4. The van der Waals surface area contributed by atoms with Gasteiger partial charge in [0.25, 0.3) is 0 Å². The number of hydrogen-bond donors (Lipinski definition) is 0. The Morgan fingerprint density at radius 1 is 1.07 bits per heavy atom. The summed E-state index contributed by atoms with van der Waals surface area (Å²) in [6.45, 7) is 13.1. The van der Waals surface area contributed by atoms with Crippen LogP contribution in [0.25, 0.3) is 21.3 Å². The van der Waals surface area contributed by atoms with Gasteiger partial charge in [0, 0.05) is 18.5 Å². The fourth-order valence-corrected chi connectivity index (χ4v) is 5.30. The Labute approximate surface area is 166 Å². The van der Waals surface area contributed by atoms with Crippen LogP contribution in [0.4, 0.5) is 5.82 Å². The molecule has 1 fully saturated rings. The first kappa shape index (κ1) is 18.4. The van der Waals surface area contributed by atoms with Gasteiger partial charge >= 0.3 is 0 Å². The lowest BCUT2D eigenvalue weighted by Gasteiger charge is -2.24. The zero-order valence-electron chi connectivity index (χ0n) is 17.1. The van der Waals surface area contributed by atoms with Crippen molar-refractivity contribution in [2.24, 2.45) is 5.92 Å². The van der Waals surface area contributed by atoms with Crippen LogP contribution in [0, 0.1) is 33.6 Å². The molecule has 0 aliphatic heterocycles. The molecule has 3 nitrogen and oxygen atoms in total. The highest BCUT2D eigenvalue weighted by molar-refractivity contribution is 7.15. The monoisotopic (exact) mass is 379 g/mol. The van der Waals surface area contributed by atoms with Gasteiger partial charge in [0.2, 0.25) is 0 Å². The van der Waals surface area contributed by atoms with E-state index in [-0.39, 0.29) is 0 Å². The van der Waals surface area contributed by atoms with Gasteiger partial charge in [-0.25, -0.2) is 9.97 Å². The van der Waals surface area contributed by atoms with Gasteiger partial charge in [-0.05, 0) is 69.6 Å². The largest absolute Gasteiger partial charge is 0.356 e. The molecule has 0 bridgehead atoms. The molecule has 1 saturated carbocycles. The number of fused-ring (bicyclic) bond motifs is 1. The molecule has 3 aromatic rings. The molecular formula is C23H29N3S. The molecule has 0 amide bonds. The molecule has 1 aromatic carbocycles. The Kier molecular flexibility index (Phi) is 4.94. The summed E-state index contributed by atoms with van der Waals surface area (Å²) in [6.07, 6.45) is 3.87. The Morgan fingerprint density at radius 2 is 1.78 bits per heavy atom. The zero-order chi connectivity index (χ0) is 19.1. The normalized spacial score (nSPS) is 14.1. The molecule has 0 saturated heterocycles. The van der Waals surface area contributed by atoms with Crippen molar-refractivity contribution in [3.8, 4) is 10.4 Å². The molecule has 2 aromatic heterocycles. The molecular weight excluding hydrogens is 350 g/mol. The minimum Gasteiger partial charge on any atom is -0.356 e. The van der Waals surface area contributed by atoms with Crippen molar-refractivity contribution in [3.63, 3.8) is 0 Å². The van der Waals surface area contributed by atoms with Crippen LogP contribution >= 0.6 is 11.3 Å². The Balaban J connectivity index is 1.87. The Hall–Kier alpha value is -1.94. The van der Waals surface area contributed by atoms with Crippen LogP contribution in [-0.2, 0) is 0 Å². The number of anilines is 1. The minimum atomic E-state index is 0.849. The Morgan fingerprint density at radius 3 is 2.41 bits per heavy atom. The molecule has 1 aliphatic rings. The van der Waals surface area contributed by atoms with Crippen molar-refractivity contribution in [1.82, 2.24) is 9.97 Å². The van der Waals surface area contributed by atoms with E-state index in [0.717, 1.165) is 42.6 Å². The lowest BCUT2D eigenvalue weighted by atomic mass is 9.98. The third kappa shape index (κ3) is 3.60. The van der Waals surface area contributed by atoms with Gasteiger partial charge in [0.15, 0.2) is 0 Å². The van der Waals surface area contributed by atoms with Crippen LogP contribution < -0.4 is 4.90 Å². The summed E-state index contributed by atoms with van der Waals surface area (Å²) >= 11 is 1.81. The van der Waals surface area contributed by atoms with Crippen molar-refractivity contribution < 1.29 is 0 Å². The van der Waals surface area contributed by atoms with Gasteiger partial charge in [-0.15, -0.1) is 11.3 Å². The molecule has 0 N–H and O–H groups in total. The fraction of sp³-hybridized carbons (Fsp3) is 0.478. The predicted molar refractivity (Wildman–Crippen MR) is 117 cm³/mol. The number of aromatic nitrogens is 2. The van der Waals surface area contributed by atoms with Crippen molar-refractivity contribution in [1.29, 1.82) is 0 Å². The molecule has 4 heteroatoms. The lowest BCUT2D eigenvalue weighted by molar-refractivity contribution is 0.699. The van der Waals surface area contributed by atoms with Crippen molar-refractivity contribution >= 4 is 28.1 Å². The van der Waals surface area contributed by atoms with E-state index in [1.165, 1.54) is 45.4 Å². The van der Waals surface area contributed by atoms with Crippen LogP contribution in [0.2, 0.25) is 0 Å². The van der Waals surface area contributed by atoms with E-state index < -0.39 is 0 Å². The Bertz CT molecular complexity index is 962. The molecule has 27 heavy (non-hydrogen) atoms. The van der Waals surface area contributed by atoms with Gasteiger partial charge in [-0.1, -0.05) is 24.6 Å². The van der Waals surface area contributed by atoms with E-state index in [4.69, 9.17) is 9.97 Å². The van der Waals surface area contributed by atoms with Crippen LogP contribution in [-0.4, -0.2) is 23.1 Å². The first-order chi connectivity index (χ1) is 13.0. The van der Waals surface area contributed by atoms with E-state index in [1.807, 2.05) is 18.3 Å². The summed E-state index contributed by atoms with van der Waals surface area (Å²) in [4.78, 5) is 13.6. The van der Waals surface area contributed by atoms with Crippen LogP contribution in [0.5, 0.6) is 0 Å². The summed E-state index contributed by atoms with van der Waals surface area (Å²) in [6, 6.07) is 4.55. The molecule has 0 radical (unpaired) electrons. The standard InChI is InChI=1S/C23H29N3S/c1-6-9-26(12-18-7-8-18)23-19-13-27-22(21(19)24-17(5)25-23)20-15(3)10-14(2)11-16(20)4/h10-11,13,18H,6-9,12H2,1-5H3. The van der Waals surface area contributed by atoms with Crippen molar-refractivity contribution in [2.45, 2.75) is 53.9 Å². The lowest BCUT2D eigenvalue weighted by Crippen LogP contribution is -2.28. The van der Waals surface area contributed by atoms with Crippen molar-refractivity contribution in [3.05, 3.63) is 40.0 Å². The highest BCUT2D eigenvalue weighted by atomic mass is 32.1. The fourth-order valence-electron chi connectivity index (χ4n) is 4.14. The quantitative estimate of drug-likeness (QED) is 0.509. The van der Waals surface area contributed by atoms with E-state index in [1.54, 1.807) is 0 Å².